The first-order valence-corrected chi connectivity index (χ1v) is 10.2. The van der Waals surface area contributed by atoms with Crippen LogP contribution in [-0.4, -0.2) is 133 Å². The van der Waals surface area contributed by atoms with Crippen molar-refractivity contribution in [2.75, 3.05) is 79.5 Å². The molecule has 0 saturated carbocycles. The zero-order valence-electron chi connectivity index (χ0n) is 18.7. The number of ketones is 1. The minimum absolute atomic E-state index is 0.141. The predicted molar refractivity (Wildman–Crippen MR) is 114 cm³/mol. The van der Waals surface area contributed by atoms with Gasteiger partial charge in [0.2, 0.25) is 0 Å². The summed E-state index contributed by atoms with van der Waals surface area (Å²) in [5, 5.41) is 20.4. The van der Waals surface area contributed by atoms with Gasteiger partial charge < -0.3 is 10.2 Å². The third-order valence-electron chi connectivity index (χ3n) is 4.61. The first-order chi connectivity index (χ1) is 14.6. The molecule has 0 fully saturated rings. The van der Waals surface area contributed by atoms with Crippen molar-refractivity contribution < 1.29 is 29.4 Å². The van der Waals surface area contributed by atoms with Gasteiger partial charge in [-0.25, -0.2) is 0 Å². The van der Waals surface area contributed by atoms with E-state index in [0.29, 0.717) is 58.7 Å². The quantitative estimate of drug-likeness (QED) is 0.242. The number of hydrogen-bond acceptors (Lipinski definition) is 9. The maximum atomic E-state index is 11.5. The number of rotatable bonds is 19. The fraction of sp³-hybridized carbons (Fsp3) is 0.789. The third-order valence-corrected chi connectivity index (χ3v) is 4.61. The van der Waals surface area contributed by atoms with E-state index in [4.69, 9.17) is 10.2 Å². The Bertz CT molecular complexity index is 602. The van der Waals surface area contributed by atoms with Crippen LogP contribution in [0.25, 0.3) is 0 Å². The lowest BCUT2D eigenvalue weighted by Gasteiger charge is -2.27. The second-order valence-corrected chi connectivity index (χ2v) is 7.55. The Hall–Kier alpha value is -2.28. The standard InChI is InChI=1S/C19H35N5O7/c1-4-16(25)12-21(2)6-5-7-23(15-19(29)30)10-11-24(13-17(26)20-31)9-8-22(3)14-18(27)28/h4-15H2,1-3H3,(H,27,28)(H,29,30). The summed E-state index contributed by atoms with van der Waals surface area (Å²) in [6, 6.07) is 0. The van der Waals surface area contributed by atoms with E-state index in [1.165, 1.54) is 0 Å². The first kappa shape index (κ1) is 28.7. The van der Waals surface area contributed by atoms with Gasteiger partial charge >= 0.3 is 11.9 Å². The van der Waals surface area contributed by atoms with Crippen LogP contribution in [0, 0.1) is 4.91 Å². The molecule has 12 nitrogen and oxygen atoms in total. The fourth-order valence-corrected chi connectivity index (χ4v) is 2.91. The number of carbonyl (C=O) groups excluding carboxylic acids is 2. The number of carbonyl (C=O) groups is 4. The second kappa shape index (κ2) is 16.4. The highest BCUT2D eigenvalue weighted by atomic mass is 16.4. The van der Waals surface area contributed by atoms with Crippen molar-refractivity contribution >= 4 is 23.6 Å². The van der Waals surface area contributed by atoms with Gasteiger partial charge in [-0.3, -0.25) is 38.8 Å². The summed E-state index contributed by atoms with van der Waals surface area (Å²) in [5.74, 6) is -2.65. The van der Waals surface area contributed by atoms with E-state index in [1.807, 2.05) is 11.9 Å². The number of carboxylic acid groups (broad SMARTS) is 2. The SMILES string of the molecule is CCC(=O)CN(C)CCCN(CCN(CCN(C)CC(=O)O)CC(=O)N=O)CC(=O)O. The fourth-order valence-electron chi connectivity index (χ4n) is 2.91. The molecule has 0 aliphatic rings. The molecule has 0 radical (unpaired) electrons. The highest BCUT2D eigenvalue weighted by Gasteiger charge is 2.16. The summed E-state index contributed by atoms with van der Waals surface area (Å²) < 4.78 is 0. The molecule has 1 amide bonds. The summed E-state index contributed by atoms with van der Waals surface area (Å²) >= 11 is 0. The smallest absolute Gasteiger partial charge is 0.317 e. The molecule has 0 unspecified atom stereocenters. The lowest BCUT2D eigenvalue weighted by atomic mass is 10.2. The van der Waals surface area contributed by atoms with E-state index in [2.05, 4.69) is 5.18 Å². The molecule has 2 N–H and O–H groups in total. The molecule has 31 heavy (non-hydrogen) atoms. The lowest BCUT2D eigenvalue weighted by Crippen LogP contribution is -2.43. The maximum absolute atomic E-state index is 11.5. The van der Waals surface area contributed by atoms with Crippen LogP contribution in [0.1, 0.15) is 19.8 Å². The van der Waals surface area contributed by atoms with E-state index in [-0.39, 0.29) is 25.4 Å². The van der Waals surface area contributed by atoms with Crippen LogP contribution in [0.15, 0.2) is 5.18 Å². The number of hydrogen-bond donors (Lipinski definition) is 2. The van der Waals surface area contributed by atoms with Crippen molar-refractivity contribution in [3.8, 4) is 0 Å². The van der Waals surface area contributed by atoms with Gasteiger partial charge in [0, 0.05) is 44.3 Å². The Morgan fingerprint density at radius 1 is 0.710 bits per heavy atom. The van der Waals surface area contributed by atoms with Gasteiger partial charge in [-0.1, -0.05) is 6.92 Å². The van der Waals surface area contributed by atoms with Crippen LogP contribution >= 0.6 is 0 Å². The average Bonchev–Trinajstić information content (AvgIpc) is 2.68. The second-order valence-electron chi connectivity index (χ2n) is 7.55. The normalized spacial score (nSPS) is 11.5. The molecule has 0 atom stereocenters. The Morgan fingerprint density at radius 2 is 1.23 bits per heavy atom. The Kier molecular flexibility index (Phi) is 15.2. The molecular weight excluding hydrogens is 410 g/mol. The molecule has 0 bridgehead atoms. The molecule has 0 aromatic rings. The van der Waals surface area contributed by atoms with Crippen molar-refractivity contribution in [1.82, 2.24) is 19.6 Å². The van der Waals surface area contributed by atoms with Crippen molar-refractivity contribution in [1.29, 1.82) is 0 Å². The van der Waals surface area contributed by atoms with Crippen molar-refractivity contribution in [2.24, 2.45) is 5.18 Å². The molecule has 178 valence electrons. The van der Waals surface area contributed by atoms with E-state index in [0.717, 1.165) is 0 Å². The van der Waals surface area contributed by atoms with Gasteiger partial charge in [-0.15, -0.1) is 4.91 Å². The zero-order valence-corrected chi connectivity index (χ0v) is 18.7. The van der Waals surface area contributed by atoms with Crippen LogP contribution in [-0.2, 0) is 19.2 Å². The van der Waals surface area contributed by atoms with Gasteiger partial charge in [0.05, 0.1) is 26.2 Å². The van der Waals surface area contributed by atoms with Gasteiger partial charge in [0.1, 0.15) is 5.78 Å². The molecule has 0 saturated heterocycles. The van der Waals surface area contributed by atoms with Gasteiger partial charge in [-0.2, -0.15) is 0 Å². The molecule has 0 aliphatic heterocycles. The monoisotopic (exact) mass is 445 g/mol. The van der Waals surface area contributed by atoms with Crippen LogP contribution in [0.3, 0.4) is 0 Å². The van der Waals surface area contributed by atoms with Crippen LogP contribution in [0.5, 0.6) is 0 Å². The summed E-state index contributed by atoms with van der Waals surface area (Å²) in [6.07, 6.45) is 1.14. The van der Waals surface area contributed by atoms with Crippen molar-refractivity contribution in [3.05, 3.63) is 4.91 Å². The molecule has 0 heterocycles. The number of aliphatic carboxylic acids is 2. The Morgan fingerprint density at radius 3 is 1.74 bits per heavy atom. The zero-order chi connectivity index (χ0) is 23.8. The number of Topliss-reactive ketones (excluding diaryl/α,β-unsaturated/α-hetero) is 1. The van der Waals surface area contributed by atoms with Crippen LogP contribution < -0.4 is 0 Å². The van der Waals surface area contributed by atoms with Crippen molar-refractivity contribution in [2.45, 2.75) is 19.8 Å². The lowest BCUT2D eigenvalue weighted by molar-refractivity contribution is -0.139. The maximum Gasteiger partial charge on any atom is 0.317 e. The molecule has 0 aromatic heterocycles. The first-order valence-electron chi connectivity index (χ1n) is 10.2. The number of likely N-dealkylation sites (N-methyl/N-ethyl adjacent to an activating group) is 2. The van der Waals surface area contributed by atoms with E-state index in [1.54, 1.807) is 28.7 Å². The average molecular weight is 446 g/mol. The number of nitrogens with zero attached hydrogens (tertiary/aromatic N) is 5. The largest absolute Gasteiger partial charge is 0.480 e. The van der Waals surface area contributed by atoms with Crippen molar-refractivity contribution in [3.63, 3.8) is 0 Å². The van der Waals surface area contributed by atoms with E-state index < -0.39 is 17.8 Å². The Balaban J connectivity index is 4.73. The summed E-state index contributed by atoms with van der Waals surface area (Å²) in [7, 11) is 3.46. The summed E-state index contributed by atoms with van der Waals surface area (Å²) in [4.78, 5) is 62.2. The summed E-state index contributed by atoms with van der Waals surface area (Å²) in [5.41, 5.74) is 0. The molecule has 12 heteroatoms. The molecule has 0 spiro atoms. The minimum atomic E-state index is -0.979. The van der Waals surface area contributed by atoms with E-state index in [9.17, 15) is 24.1 Å². The number of carboxylic acids is 2. The van der Waals surface area contributed by atoms with Gasteiger partial charge in [0.25, 0.3) is 5.91 Å². The predicted octanol–water partition coefficient (Wildman–Crippen LogP) is -0.715. The minimum Gasteiger partial charge on any atom is -0.480 e. The van der Waals surface area contributed by atoms with Gasteiger partial charge in [0.15, 0.2) is 0 Å². The molecule has 0 aliphatic carbocycles. The highest BCUT2D eigenvalue weighted by Crippen LogP contribution is 1.99. The van der Waals surface area contributed by atoms with Crippen LogP contribution in [0.2, 0.25) is 0 Å². The molecule has 0 rings (SSSR count). The molecular formula is C19H35N5O7. The summed E-state index contributed by atoms with van der Waals surface area (Å²) in [6.45, 7) is 4.08. The highest BCUT2D eigenvalue weighted by molar-refractivity contribution is 5.80. The van der Waals surface area contributed by atoms with E-state index >= 15 is 0 Å². The Labute approximate surface area is 182 Å². The number of nitroso groups, excluding NO2 is 1. The number of amides is 1. The van der Waals surface area contributed by atoms with Gasteiger partial charge in [-0.05, 0) is 27.1 Å². The topological polar surface area (TPSA) is 151 Å². The third kappa shape index (κ3) is 16.1. The van der Waals surface area contributed by atoms with Crippen LogP contribution in [0.4, 0.5) is 0 Å². The molecule has 0 aromatic carbocycles.